The van der Waals surface area contributed by atoms with E-state index in [0.717, 1.165) is 11.1 Å². The Morgan fingerprint density at radius 3 is 2.34 bits per heavy atom. The number of benzene rings is 2. The molecule has 3 rings (SSSR count). The van der Waals surface area contributed by atoms with Crippen molar-refractivity contribution < 1.29 is 18.7 Å². The lowest BCUT2D eigenvalue weighted by Gasteiger charge is -2.17. The summed E-state index contributed by atoms with van der Waals surface area (Å²) in [6, 6.07) is 15.3. The van der Waals surface area contributed by atoms with Gasteiger partial charge in [0.15, 0.2) is 0 Å². The second kappa shape index (κ2) is 9.30. The van der Waals surface area contributed by atoms with E-state index in [-0.39, 0.29) is 12.2 Å². The molecule has 0 fully saturated rings. The average molecular weight is 413 g/mol. The van der Waals surface area contributed by atoms with E-state index >= 15 is 0 Å². The van der Waals surface area contributed by atoms with Gasteiger partial charge >= 0.3 is 5.97 Å². The molecule has 2 aromatic carbocycles. The molecule has 1 heterocycles. The van der Waals surface area contributed by atoms with Crippen molar-refractivity contribution in [2.24, 2.45) is 0 Å². The highest BCUT2D eigenvalue weighted by Crippen LogP contribution is 2.18. The second-order valence-corrected chi connectivity index (χ2v) is 6.76. The molecular weight excluding hydrogens is 395 g/mol. The molecule has 0 aliphatic rings. The van der Waals surface area contributed by atoms with Gasteiger partial charge in [-0.2, -0.15) is 0 Å². The Labute approximate surface area is 172 Å². The highest BCUT2D eigenvalue weighted by Gasteiger charge is 2.23. The first-order chi connectivity index (χ1) is 14.0. The number of halogens is 2. The minimum atomic E-state index is -0.856. The summed E-state index contributed by atoms with van der Waals surface area (Å²) in [4.78, 5) is 28.9. The fraction of sp³-hybridized carbons (Fsp3) is 0.136. The molecule has 1 N–H and O–H groups in total. The van der Waals surface area contributed by atoms with Crippen LogP contribution in [0.5, 0.6) is 0 Å². The van der Waals surface area contributed by atoms with Gasteiger partial charge in [0.05, 0.1) is 18.4 Å². The summed E-state index contributed by atoms with van der Waals surface area (Å²) in [7, 11) is 1.27. The van der Waals surface area contributed by atoms with Crippen LogP contribution >= 0.6 is 11.6 Å². The molecule has 3 aromatic rings. The van der Waals surface area contributed by atoms with Gasteiger partial charge in [0, 0.05) is 23.2 Å². The molecule has 148 valence electrons. The molecule has 1 aromatic heterocycles. The average Bonchev–Trinajstić information content (AvgIpc) is 2.75. The zero-order valence-electron chi connectivity index (χ0n) is 15.6. The molecule has 1 amide bonds. The standard InChI is InChI=1S/C22H18ClFN2O3/c1-29-22(28)20(12-14-2-7-17(23)8-3-14)26-21(27)16-6-11-19(25-13-16)15-4-9-18(24)10-5-15/h2-11,13,20H,12H2,1H3,(H,26,27)/t20-/m0/s1. The fourth-order valence-corrected chi connectivity index (χ4v) is 2.88. The van der Waals surface area contributed by atoms with Crippen molar-refractivity contribution in [1.29, 1.82) is 0 Å². The van der Waals surface area contributed by atoms with Crippen LogP contribution in [0.4, 0.5) is 4.39 Å². The third-order valence-corrected chi connectivity index (χ3v) is 4.56. The smallest absolute Gasteiger partial charge is 0.328 e. The quantitative estimate of drug-likeness (QED) is 0.620. The van der Waals surface area contributed by atoms with Crippen LogP contribution in [-0.4, -0.2) is 30.0 Å². The Morgan fingerprint density at radius 2 is 1.76 bits per heavy atom. The Hall–Kier alpha value is -3.25. The number of hydrogen-bond donors (Lipinski definition) is 1. The summed E-state index contributed by atoms with van der Waals surface area (Å²) in [5.41, 5.74) is 2.46. The van der Waals surface area contributed by atoms with Gasteiger partial charge in [-0.05, 0) is 54.1 Å². The summed E-state index contributed by atoms with van der Waals surface area (Å²) < 4.78 is 17.9. The number of carbonyl (C=O) groups is 2. The molecule has 0 aliphatic carbocycles. The lowest BCUT2D eigenvalue weighted by Crippen LogP contribution is -2.43. The third-order valence-electron chi connectivity index (χ3n) is 4.31. The van der Waals surface area contributed by atoms with E-state index in [1.807, 2.05) is 0 Å². The molecule has 0 unspecified atom stereocenters. The van der Waals surface area contributed by atoms with Crippen LogP contribution in [0.1, 0.15) is 15.9 Å². The van der Waals surface area contributed by atoms with E-state index in [4.69, 9.17) is 16.3 Å². The number of nitrogens with one attached hydrogen (secondary N) is 1. The molecule has 29 heavy (non-hydrogen) atoms. The SMILES string of the molecule is COC(=O)[C@H](Cc1ccc(Cl)cc1)NC(=O)c1ccc(-c2ccc(F)cc2)nc1. The van der Waals surface area contributed by atoms with Crippen LogP contribution in [0, 0.1) is 5.82 Å². The topological polar surface area (TPSA) is 68.3 Å². The van der Waals surface area contributed by atoms with Crippen molar-refractivity contribution in [3.63, 3.8) is 0 Å². The summed E-state index contributed by atoms with van der Waals surface area (Å²) in [6.07, 6.45) is 1.67. The number of aromatic nitrogens is 1. The third kappa shape index (κ3) is 5.39. The first kappa shape index (κ1) is 20.5. The first-order valence-corrected chi connectivity index (χ1v) is 9.19. The second-order valence-electron chi connectivity index (χ2n) is 6.32. The zero-order valence-corrected chi connectivity index (χ0v) is 16.3. The van der Waals surface area contributed by atoms with Crippen molar-refractivity contribution in [3.05, 3.63) is 88.8 Å². The van der Waals surface area contributed by atoms with Crippen LogP contribution < -0.4 is 5.32 Å². The minimum Gasteiger partial charge on any atom is -0.467 e. The number of rotatable bonds is 6. The predicted octanol–water partition coefficient (Wildman–Crippen LogP) is 4.06. The Bertz CT molecular complexity index is 990. The minimum absolute atomic E-state index is 0.261. The first-order valence-electron chi connectivity index (χ1n) is 8.81. The van der Waals surface area contributed by atoms with Gasteiger partial charge in [0.25, 0.3) is 5.91 Å². The van der Waals surface area contributed by atoms with Crippen molar-refractivity contribution in [2.75, 3.05) is 7.11 Å². The molecule has 0 bridgehead atoms. The van der Waals surface area contributed by atoms with Crippen molar-refractivity contribution >= 4 is 23.5 Å². The fourth-order valence-electron chi connectivity index (χ4n) is 2.75. The summed E-state index contributed by atoms with van der Waals surface area (Å²) in [6.45, 7) is 0. The van der Waals surface area contributed by atoms with Crippen LogP contribution in [-0.2, 0) is 16.0 Å². The van der Waals surface area contributed by atoms with Gasteiger partial charge in [0.2, 0.25) is 0 Å². The van der Waals surface area contributed by atoms with Crippen LogP contribution in [0.2, 0.25) is 5.02 Å². The molecule has 0 spiro atoms. The van der Waals surface area contributed by atoms with Crippen molar-refractivity contribution in [2.45, 2.75) is 12.5 Å². The van der Waals surface area contributed by atoms with E-state index in [1.54, 1.807) is 48.5 Å². The Morgan fingerprint density at radius 1 is 1.07 bits per heavy atom. The van der Waals surface area contributed by atoms with Gasteiger partial charge in [0.1, 0.15) is 11.9 Å². The normalized spacial score (nSPS) is 11.6. The van der Waals surface area contributed by atoms with E-state index in [0.29, 0.717) is 16.3 Å². The highest BCUT2D eigenvalue weighted by atomic mass is 35.5. The van der Waals surface area contributed by atoms with Crippen LogP contribution in [0.15, 0.2) is 66.9 Å². The number of pyridine rings is 1. The number of carbonyl (C=O) groups excluding carboxylic acids is 2. The molecule has 5 nitrogen and oxygen atoms in total. The molecule has 0 aliphatic heterocycles. The maximum atomic E-state index is 13.0. The van der Waals surface area contributed by atoms with Crippen molar-refractivity contribution in [3.8, 4) is 11.3 Å². The number of hydrogen-bond acceptors (Lipinski definition) is 4. The van der Waals surface area contributed by atoms with Gasteiger partial charge in [-0.15, -0.1) is 0 Å². The molecule has 0 saturated carbocycles. The summed E-state index contributed by atoms with van der Waals surface area (Å²) >= 11 is 5.88. The maximum absolute atomic E-state index is 13.0. The van der Waals surface area contributed by atoms with Gasteiger partial charge in [-0.25, -0.2) is 9.18 Å². The Balaban J connectivity index is 1.72. The largest absolute Gasteiger partial charge is 0.467 e. The number of methoxy groups -OCH3 is 1. The number of esters is 1. The van der Waals surface area contributed by atoms with Crippen molar-refractivity contribution in [1.82, 2.24) is 10.3 Å². The monoisotopic (exact) mass is 412 g/mol. The summed E-state index contributed by atoms with van der Waals surface area (Å²) in [5, 5.41) is 3.26. The zero-order chi connectivity index (χ0) is 20.8. The predicted molar refractivity (Wildman–Crippen MR) is 108 cm³/mol. The van der Waals surface area contributed by atoms with E-state index in [2.05, 4.69) is 10.3 Å². The molecule has 1 atom stereocenters. The van der Waals surface area contributed by atoms with E-state index in [9.17, 15) is 14.0 Å². The van der Waals surface area contributed by atoms with Gasteiger partial charge in [-0.1, -0.05) is 23.7 Å². The molecule has 0 radical (unpaired) electrons. The lowest BCUT2D eigenvalue weighted by molar-refractivity contribution is -0.142. The Kier molecular flexibility index (Phi) is 6.57. The maximum Gasteiger partial charge on any atom is 0.328 e. The molecular formula is C22H18ClFN2O3. The lowest BCUT2D eigenvalue weighted by atomic mass is 10.1. The van der Waals surface area contributed by atoms with Gasteiger partial charge in [-0.3, -0.25) is 9.78 Å². The van der Waals surface area contributed by atoms with Gasteiger partial charge < -0.3 is 10.1 Å². The molecule has 7 heteroatoms. The molecule has 0 saturated heterocycles. The van der Waals surface area contributed by atoms with Crippen LogP contribution in [0.3, 0.4) is 0 Å². The summed E-state index contributed by atoms with van der Waals surface area (Å²) in [5.74, 6) is -1.34. The van der Waals surface area contributed by atoms with Crippen LogP contribution in [0.25, 0.3) is 11.3 Å². The number of amides is 1. The highest BCUT2D eigenvalue weighted by molar-refractivity contribution is 6.30. The number of ether oxygens (including phenoxy) is 1. The van der Waals surface area contributed by atoms with E-state index < -0.39 is 17.9 Å². The number of nitrogens with zero attached hydrogens (tertiary/aromatic N) is 1. The van der Waals surface area contributed by atoms with E-state index in [1.165, 1.54) is 25.4 Å².